The van der Waals surface area contributed by atoms with Crippen molar-refractivity contribution in [2.75, 3.05) is 6.54 Å². The fraction of sp³-hybridized carbons (Fsp3) is 0.929. The smallest absolute Gasteiger partial charge is 0.308 e. The van der Waals surface area contributed by atoms with E-state index in [1.54, 1.807) is 0 Å². The second-order valence-electron chi connectivity index (χ2n) is 6.32. The third-order valence-electron chi connectivity index (χ3n) is 5.30. The van der Waals surface area contributed by atoms with E-state index >= 15 is 0 Å². The lowest BCUT2D eigenvalue weighted by Gasteiger charge is -2.41. The minimum absolute atomic E-state index is 0. The summed E-state index contributed by atoms with van der Waals surface area (Å²) in [5.74, 6) is 0.183. The van der Waals surface area contributed by atoms with Crippen LogP contribution in [-0.2, 0) is 4.79 Å². The van der Waals surface area contributed by atoms with E-state index in [-0.39, 0.29) is 23.7 Å². The number of aliphatic carboxylic acids is 1. The fourth-order valence-corrected chi connectivity index (χ4v) is 4.15. The Bertz CT molecular complexity index is 311. The fourth-order valence-electron chi connectivity index (χ4n) is 4.15. The molecule has 0 radical (unpaired) electrons. The number of carboxylic acid groups (broad SMARTS) is 1. The summed E-state index contributed by atoms with van der Waals surface area (Å²) in [5, 5.41) is 13.0. The first kappa shape index (κ1) is 14.1. The van der Waals surface area contributed by atoms with Crippen molar-refractivity contribution in [3.8, 4) is 0 Å². The van der Waals surface area contributed by atoms with Crippen LogP contribution in [0.1, 0.15) is 51.4 Å². The van der Waals surface area contributed by atoms with Gasteiger partial charge in [-0.3, -0.25) is 4.79 Å². The first-order valence-corrected chi connectivity index (χ1v) is 7.18. The Morgan fingerprint density at radius 3 is 2.44 bits per heavy atom. The molecule has 1 aliphatic heterocycles. The van der Waals surface area contributed by atoms with E-state index in [9.17, 15) is 9.90 Å². The van der Waals surface area contributed by atoms with Crippen LogP contribution in [0.2, 0.25) is 0 Å². The summed E-state index contributed by atoms with van der Waals surface area (Å²) in [4.78, 5) is 11.5. The Labute approximate surface area is 115 Å². The lowest BCUT2D eigenvalue weighted by Crippen LogP contribution is -2.43. The number of carboxylic acids is 1. The third-order valence-corrected chi connectivity index (χ3v) is 5.30. The zero-order valence-electron chi connectivity index (χ0n) is 10.9. The highest BCUT2D eigenvalue weighted by Crippen LogP contribution is 2.51. The van der Waals surface area contributed by atoms with E-state index in [0.29, 0.717) is 12.6 Å². The molecule has 3 aliphatic rings. The van der Waals surface area contributed by atoms with Crippen LogP contribution in [0.25, 0.3) is 0 Å². The van der Waals surface area contributed by atoms with Gasteiger partial charge in [-0.05, 0) is 25.2 Å². The molecular formula is C14H24ClNO2. The number of hydrogen-bond acceptors (Lipinski definition) is 2. The van der Waals surface area contributed by atoms with Gasteiger partial charge in [0.15, 0.2) is 0 Å². The first-order valence-electron chi connectivity index (χ1n) is 7.18. The van der Waals surface area contributed by atoms with E-state index in [1.807, 2.05) is 0 Å². The summed E-state index contributed by atoms with van der Waals surface area (Å²) in [6, 6.07) is 0.483. The van der Waals surface area contributed by atoms with Crippen molar-refractivity contribution in [3.63, 3.8) is 0 Å². The van der Waals surface area contributed by atoms with Gasteiger partial charge < -0.3 is 10.4 Å². The van der Waals surface area contributed by atoms with Crippen molar-refractivity contribution < 1.29 is 9.90 Å². The molecule has 18 heavy (non-hydrogen) atoms. The first-order chi connectivity index (χ1) is 8.22. The molecule has 0 aromatic carbocycles. The molecule has 2 saturated carbocycles. The molecule has 2 N–H and O–H groups in total. The third kappa shape index (κ3) is 2.39. The van der Waals surface area contributed by atoms with E-state index in [4.69, 9.17) is 0 Å². The van der Waals surface area contributed by atoms with Gasteiger partial charge in [0.05, 0.1) is 5.92 Å². The van der Waals surface area contributed by atoms with Gasteiger partial charge in [-0.25, -0.2) is 0 Å². The molecule has 3 fully saturated rings. The van der Waals surface area contributed by atoms with Gasteiger partial charge >= 0.3 is 5.97 Å². The van der Waals surface area contributed by atoms with Crippen molar-refractivity contribution in [1.82, 2.24) is 5.32 Å². The average molecular weight is 274 g/mol. The van der Waals surface area contributed by atoms with Gasteiger partial charge in [-0.1, -0.05) is 32.1 Å². The Kier molecular flexibility index (Phi) is 4.22. The van der Waals surface area contributed by atoms with Gasteiger partial charge in [0.2, 0.25) is 0 Å². The highest BCUT2D eigenvalue weighted by atomic mass is 35.5. The summed E-state index contributed by atoms with van der Waals surface area (Å²) in [6.07, 6.45) is 9.98. The molecule has 3 rings (SSSR count). The summed E-state index contributed by atoms with van der Waals surface area (Å²) in [7, 11) is 0. The summed E-state index contributed by atoms with van der Waals surface area (Å²) in [5.41, 5.74) is 0.0900. The molecule has 2 aliphatic carbocycles. The minimum atomic E-state index is -0.572. The zero-order chi connectivity index (χ0) is 11.9. The predicted octanol–water partition coefficient (Wildman–Crippen LogP) is 2.83. The van der Waals surface area contributed by atoms with Crippen LogP contribution in [-0.4, -0.2) is 23.7 Å². The molecule has 4 heteroatoms. The Morgan fingerprint density at radius 2 is 1.89 bits per heavy atom. The Morgan fingerprint density at radius 1 is 1.22 bits per heavy atom. The van der Waals surface area contributed by atoms with Gasteiger partial charge in [-0.2, -0.15) is 0 Å². The molecule has 1 saturated heterocycles. The molecular weight excluding hydrogens is 250 g/mol. The van der Waals surface area contributed by atoms with Crippen molar-refractivity contribution in [2.45, 2.75) is 57.4 Å². The van der Waals surface area contributed by atoms with Gasteiger partial charge in [0.1, 0.15) is 0 Å². The summed E-state index contributed by atoms with van der Waals surface area (Å²) in [6.45, 7) is 0.701. The number of carbonyl (C=O) groups is 1. The number of nitrogens with one attached hydrogen (secondary N) is 1. The molecule has 104 valence electrons. The van der Waals surface area contributed by atoms with Crippen LogP contribution in [0.4, 0.5) is 0 Å². The molecule has 2 atom stereocenters. The van der Waals surface area contributed by atoms with Crippen LogP contribution in [0.5, 0.6) is 0 Å². The van der Waals surface area contributed by atoms with Crippen molar-refractivity contribution in [1.29, 1.82) is 0 Å². The van der Waals surface area contributed by atoms with E-state index in [1.165, 1.54) is 38.5 Å². The molecule has 0 aromatic rings. The maximum atomic E-state index is 11.5. The van der Waals surface area contributed by atoms with Gasteiger partial charge in [0, 0.05) is 18.0 Å². The van der Waals surface area contributed by atoms with Crippen LogP contribution in [0.15, 0.2) is 0 Å². The summed E-state index contributed by atoms with van der Waals surface area (Å²) >= 11 is 0. The Hall–Kier alpha value is -0.280. The topological polar surface area (TPSA) is 49.3 Å². The number of rotatable bonds is 3. The van der Waals surface area contributed by atoms with Gasteiger partial charge in [-0.15, -0.1) is 12.4 Å². The second kappa shape index (κ2) is 5.38. The molecule has 1 spiro atoms. The number of halogens is 1. The average Bonchev–Trinajstić information content (AvgIpc) is 3.06. The van der Waals surface area contributed by atoms with Gasteiger partial charge in [0.25, 0.3) is 0 Å². The predicted molar refractivity (Wildman–Crippen MR) is 73.0 cm³/mol. The lowest BCUT2D eigenvalue weighted by molar-refractivity contribution is -0.146. The quantitative estimate of drug-likeness (QED) is 0.831. The number of hydrogen-bond donors (Lipinski definition) is 2. The normalized spacial score (nSPS) is 34.2. The maximum absolute atomic E-state index is 11.5. The van der Waals surface area contributed by atoms with Crippen LogP contribution in [0.3, 0.4) is 0 Å². The molecule has 0 amide bonds. The van der Waals surface area contributed by atoms with Crippen molar-refractivity contribution in [3.05, 3.63) is 0 Å². The molecule has 0 bridgehead atoms. The molecule has 0 aromatic heterocycles. The monoisotopic (exact) mass is 273 g/mol. The SMILES string of the molecule is Cl.O=C(O)C1CNC(CC2CC2)C12CCCCC2. The van der Waals surface area contributed by atoms with E-state index in [0.717, 1.165) is 18.8 Å². The maximum Gasteiger partial charge on any atom is 0.308 e. The highest BCUT2D eigenvalue weighted by molar-refractivity contribution is 5.85. The van der Waals surface area contributed by atoms with Crippen molar-refractivity contribution >= 4 is 18.4 Å². The zero-order valence-corrected chi connectivity index (χ0v) is 11.7. The van der Waals surface area contributed by atoms with E-state index < -0.39 is 5.97 Å². The highest BCUT2D eigenvalue weighted by Gasteiger charge is 2.53. The van der Waals surface area contributed by atoms with E-state index in [2.05, 4.69) is 5.32 Å². The standard InChI is InChI=1S/C14H23NO2.ClH/c16-13(17)11-9-15-12(8-10-4-5-10)14(11)6-2-1-3-7-14;/h10-12,15H,1-9H2,(H,16,17);1H. The van der Waals surface area contributed by atoms with Crippen LogP contribution in [0, 0.1) is 17.3 Å². The van der Waals surface area contributed by atoms with Crippen LogP contribution < -0.4 is 5.32 Å². The van der Waals surface area contributed by atoms with Crippen molar-refractivity contribution in [2.24, 2.45) is 17.3 Å². The molecule has 3 nitrogen and oxygen atoms in total. The minimum Gasteiger partial charge on any atom is -0.481 e. The molecule has 1 heterocycles. The lowest BCUT2D eigenvalue weighted by atomic mass is 9.63. The largest absolute Gasteiger partial charge is 0.481 e. The Balaban J connectivity index is 0.00000120. The molecule has 2 unspecified atom stereocenters. The second-order valence-corrected chi connectivity index (χ2v) is 6.32. The summed E-state index contributed by atoms with van der Waals surface area (Å²) < 4.78 is 0. The van der Waals surface area contributed by atoms with Crippen LogP contribution >= 0.6 is 12.4 Å².